The molecule has 0 bridgehead atoms. The standard InChI is InChI=1S/C18H17N3O3.ClH/c19-18(20)21-12-5-7-14(17(23)24)15(9-12)11-4-6-13-10(8-11)2-1-3-16(13)22;/h4-9H,1-3H2,(H,23,24)(H4,19,20,21);1H. The molecule has 0 aromatic heterocycles. The minimum absolute atomic E-state index is 0. The number of ketones is 1. The summed E-state index contributed by atoms with van der Waals surface area (Å²) in [5.41, 5.74) is 14.3. The summed E-state index contributed by atoms with van der Waals surface area (Å²) in [5.74, 6) is -0.995. The minimum Gasteiger partial charge on any atom is -0.478 e. The molecule has 25 heavy (non-hydrogen) atoms. The summed E-state index contributed by atoms with van der Waals surface area (Å²) < 4.78 is 0. The monoisotopic (exact) mass is 359 g/mol. The van der Waals surface area contributed by atoms with Crippen LogP contribution in [0, 0.1) is 0 Å². The van der Waals surface area contributed by atoms with Crippen molar-refractivity contribution in [1.82, 2.24) is 0 Å². The summed E-state index contributed by atoms with van der Waals surface area (Å²) in [7, 11) is 0. The largest absolute Gasteiger partial charge is 0.478 e. The van der Waals surface area contributed by atoms with Gasteiger partial charge in [-0.3, -0.25) is 4.79 Å². The Morgan fingerprint density at radius 1 is 1.04 bits per heavy atom. The number of Topliss-reactive ketones (excluding diaryl/α,β-unsaturated/α-hetero) is 1. The molecule has 0 saturated heterocycles. The highest BCUT2D eigenvalue weighted by atomic mass is 35.5. The molecule has 2 aromatic rings. The number of hydrogen-bond donors (Lipinski definition) is 3. The SMILES string of the molecule is Cl.NC(N)=Nc1ccc(C(=O)O)c(-c2ccc3c(c2)CCCC3=O)c1. The number of carbonyl (C=O) groups excluding carboxylic acids is 1. The molecule has 1 aliphatic rings. The molecule has 0 heterocycles. The molecule has 5 N–H and O–H groups in total. The second kappa shape index (κ2) is 7.36. The first kappa shape index (κ1) is 18.5. The Morgan fingerprint density at radius 3 is 2.48 bits per heavy atom. The van der Waals surface area contributed by atoms with Crippen molar-refractivity contribution in [3.8, 4) is 11.1 Å². The van der Waals surface area contributed by atoms with Crippen LogP contribution in [0.4, 0.5) is 5.69 Å². The van der Waals surface area contributed by atoms with Gasteiger partial charge in [0.15, 0.2) is 11.7 Å². The second-order valence-electron chi connectivity index (χ2n) is 5.72. The molecule has 0 amide bonds. The number of hydrogen-bond acceptors (Lipinski definition) is 3. The molecule has 3 rings (SSSR count). The number of carboxylic acids is 1. The van der Waals surface area contributed by atoms with Gasteiger partial charge in [0.05, 0.1) is 11.3 Å². The average molecular weight is 360 g/mol. The maximum absolute atomic E-state index is 11.9. The number of nitrogens with zero attached hydrogens (tertiary/aromatic N) is 1. The van der Waals surface area contributed by atoms with Crippen molar-refractivity contribution >= 4 is 35.8 Å². The van der Waals surface area contributed by atoms with Crippen molar-refractivity contribution in [3.05, 3.63) is 53.1 Å². The topological polar surface area (TPSA) is 119 Å². The number of halogens is 1. The molecule has 1 aliphatic carbocycles. The van der Waals surface area contributed by atoms with E-state index in [4.69, 9.17) is 11.5 Å². The molecule has 6 nitrogen and oxygen atoms in total. The van der Waals surface area contributed by atoms with Gasteiger partial charge in [0.25, 0.3) is 0 Å². The quantitative estimate of drug-likeness (QED) is 0.575. The van der Waals surface area contributed by atoms with Gasteiger partial charge in [-0.2, -0.15) is 0 Å². The summed E-state index contributed by atoms with van der Waals surface area (Å²) in [5, 5.41) is 9.44. The fraction of sp³-hybridized carbons (Fsp3) is 0.167. The third kappa shape index (κ3) is 3.80. The van der Waals surface area contributed by atoms with Crippen LogP contribution in [0.1, 0.15) is 39.1 Å². The van der Waals surface area contributed by atoms with E-state index in [0.717, 1.165) is 29.5 Å². The van der Waals surface area contributed by atoms with Gasteiger partial charge in [0.1, 0.15) is 0 Å². The minimum atomic E-state index is -1.03. The van der Waals surface area contributed by atoms with Crippen LogP contribution in [0.3, 0.4) is 0 Å². The van der Waals surface area contributed by atoms with Gasteiger partial charge < -0.3 is 16.6 Å². The van der Waals surface area contributed by atoms with E-state index in [1.165, 1.54) is 6.07 Å². The molecule has 0 unspecified atom stereocenters. The predicted octanol–water partition coefficient (Wildman–Crippen LogP) is 2.90. The fourth-order valence-corrected chi connectivity index (χ4v) is 2.99. The lowest BCUT2D eigenvalue weighted by atomic mass is 9.87. The maximum atomic E-state index is 11.9. The Morgan fingerprint density at radius 2 is 1.80 bits per heavy atom. The summed E-state index contributed by atoms with van der Waals surface area (Å²) >= 11 is 0. The van der Waals surface area contributed by atoms with Gasteiger partial charge in [-0.05, 0) is 47.7 Å². The number of benzene rings is 2. The van der Waals surface area contributed by atoms with Gasteiger partial charge in [0, 0.05) is 12.0 Å². The maximum Gasteiger partial charge on any atom is 0.336 e. The first-order chi connectivity index (χ1) is 11.5. The summed E-state index contributed by atoms with van der Waals surface area (Å²) in [6.45, 7) is 0. The third-order valence-electron chi connectivity index (χ3n) is 4.06. The van der Waals surface area contributed by atoms with Crippen molar-refractivity contribution in [2.24, 2.45) is 16.5 Å². The molecule has 0 radical (unpaired) electrons. The predicted molar refractivity (Wildman–Crippen MR) is 98.8 cm³/mol. The number of carboxylic acid groups (broad SMARTS) is 1. The Bertz CT molecular complexity index is 874. The van der Waals surface area contributed by atoms with Gasteiger partial charge in [-0.1, -0.05) is 18.2 Å². The van der Waals surface area contributed by atoms with E-state index in [1.54, 1.807) is 24.3 Å². The van der Waals surface area contributed by atoms with Crippen LogP contribution in [0.2, 0.25) is 0 Å². The lowest BCUT2D eigenvalue weighted by molar-refractivity contribution is 0.0697. The molecule has 0 saturated carbocycles. The highest BCUT2D eigenvalue weighted by Crippen LogP contribution is 2.32. The van der Waals surface area contributed by atoms with Crippen LogP contribution >= 0.6 is 12.4 Å². The zero-order valence-electron chi connectivity index (χ0n) is 13.4. The van der Waals surface area contributed by atoms with Crippen LogP contribution in [0.15, 0.2) is 41.4 Å². The first-order valence-corrected chi connectivity index (χ1v) is 7.59. The fourth-order valence-electron chi connectivity index (χ4n) is 2.99. The van der Waals surface area contributed by atoms with Gasteiger partial charge in [-0.15, -0.1) is 12.4 Å². The summed E-state index contributed by atoms with van der Waals surface area (Å²) in [6.07, 6.45) is 2.19. The molecule has 0 spiro atoms. The van der Waals surface area contributed by atoms with Crippen molar-refractivity contribution in [2.75, 3.05) is 0 Å². The zero-order valence-corrected chi connectivity index (χ0v) is 14.2. The Kier molecular flexibility index (Phi) is 5.44. The molecule has 130 valence electrons. The highest BCUT2D eigenvalue weighted by molar-refractivity contribution is 6.00. The van der Waals surface area contributed by atoms with Crippen LogP contribution in [-0.4, -0.2) is 22.8 Å². The van der Waals surface area contributed by atoms with E-state index in [1.807, 2.05) is 6.07 Å². The molecular weight excluding hydrogens is 342 g/mol. The number of aliphatic imine (C=N–C) groups is 1. The van der Waals surface area contributed by atoms with Gasteiger partial charge in [0.2, 0.25) is 0 Å². The number of aryl methyl sites for hydroxylation is 1. The van der Waals surface area contributed by atoms with Crippen molar-refractivity contribution in [2.45, 2.75) is 19.3 Å². The molecule has 7 heteroatoms. The van der Waals surface area contributed by atoms with E-state index in [9.17, 15) is 14.7 Å². The zero-order chi connectivity index (χ0) is 17.3. The lowest BCUT2D eigenvalue weighted by Gasteiger charge is -2.16. The molecule has 0 aliphatic heterocycles. The summed E-state index contributed by atoms with van der Waals surface area (Å²) in [4.78, 5) is 27.4. The number of aromatic carboxylic acids is 1. The average Bonchev–Trinajstić information content (AvgIpc) is 2.54. The van der Waals surface area contributed by atoms with E-state index in [-0.39, 0.29) is 29.7 Å². The van der Waals surface area contributed by atoms with Crippen LogP contribution in [-0.2, 0) is 6.42 Å². The van der Waals surface area contributed by atoms with Crippen LogP contribution in [0.25, 0.3) is 11.1 Å². The smallest absolute Gasteiger partial charge is 0.336 e. The molecular formula is C18H18ClN3O3. The van der Waals surface area contributed by atoms with E-state index in [2.05, 4.69) is 4.99 Å². The number of guanidine groups is 1. The van der Waals surface area contributed by atoms with E-state index < -0.39 is 5.97 Å². The number of fused-ring (bicyclic) bond motifs is 1. The summed E-state index contributed by atoms with van der Waals surface area (Å²) in [6, 6.07) is 10.1. The van der Waals surface area contributed by atoms with Crippen LogP contribution in [0.5, 0.6) is 0 Å². The second-order valence-corrected chi connectivity index (χ2v) is 5.72. The third-order valence-corrected chi connectivity index (χ3v) is 4.06. The normalized spacial score (nSPS) is 12.7. The Balaban J connectivity index is 0.00000225. The van der Waals surface area contributed by atoms with E-state index in [0.29, 0.717) is 17.7 Å². The number of carbonyl (C=O) groups is 2. The highest BCUT2D eigenvalue weighted by Gasteiger charge is 2.19. The van der Waals surface area contributed by atoms with Crippen molar-refractivity contribution in [3.63, 3.8) is 0 Å². The number of rotatable bonds is 3. The molecule has 0 atom stereocenters. The molecule has 2 aromatic carbocycles. The first-order valence-electron chi connectivity index (χ1n) is 7.59. The van der Waals surface area contributed by atoms with Crippen molar-refractivity contribution < 1.29 is 14.7 Å². The lowest BCUT2D eigenvalue weighted by Crippen LogP contribution is -2.21. The Hall–Kier alpha value is -2.86. The Labute approximate surface area is 151 Å². The van der Waals surface area contributed by atoms with Gasteiger partial charge >= 0.3 is 5.97 Å². The van der Waals surface area contributed by atoms with Crippen molar-refractivity contribution in [1.29, 1.82) is 0 Å². The number of nitrogens with two attached hydrogens (primary N) is 2. The van der Waals surface area contributed by atoms with Crippen LogP contribution < -0.4 is 11.5 Å². The molecule has 0 fully saturated rings. The van der Waals surface area contributed by atoms with E-state index >= 15 is 0 Å². The van der Waals surface area contributed by atoms with Gasteiger partial charge in [-0.25, -0.2) is 9.79 Å².